The Labute approximate surface area is 206 Å². The number of piperidine rings is 1. The quantitative estimate of drug-likeness (QED) is 0.454. The fourth-order valence-electron chi connectivity index (χ4n) is 3.82. The maximum atomic E-state index is 13.1. The minimum Gasteiger partial charge on any atom is -0.490 e. The first kappa shape index (κ1) is 24.2. The molecule has 34 heavy (non-hydrogen) atoms. The maximum Gasteiger partial charge on any atom is 0.270 e. The highest BCUT2D eigenvalue weighted by molar-refractivity contribution is 7.09. The fourth-order valence-corrected chi connectivity index (χ4v) is 4.98. The summed E-state index contributed by atoms with van der Waals surface area (Å²) in [6.45, 7) is 1.93. The largest absolute Gasteiger partial charge is 0.490 e. The number of ether oxygens (including phenoxy) is 1. The van der Waals surface area contributed by atoms with Gasteiger partial charge in [0.05, 0.1) is 23.0 Å². The van der Waals surface area contributed by atoms with Gasteiger partial charge in [-0.2, -0.15) is 0 Å². The predicted molar refractivity (Wildman–Crippen MR) is 130 cm³/mol. The van der Waals surface area contributed by atoms with E-state index in [9.17, 15) is 14.0 Å². The lowest BCUT2D eigenvalue weighted by Gasteiger charge is -2.31. The van der Waals surface area contributed by atoms with Crippen LogP contribution < -0.4 is 10.1 Å². The first-order chi connectivity index (χ1) is 16.5. The number of carbonyl (C=O) groups is 2. The van der Waals surface area contributed by atoms with Crippen LogP contribution in [-0.2, 0) is 11.2 Å². The van der Waals surface area contributed by atoms with E-state index in [4.69, 9.17) is 16.3 Å². The molecule has 2 aromatic carbocycles. The fraction of sp³-hybridized carbons (Fsp3) is 0.320. The second-order valence-corrected chi connectivity index (χ2v) is 9.36. The SMILES string of the molecule is O=C(NCCOc1ccccc1Cl)c1csc(C2CCN(C(=O)Cc3ccc(F)cc3)CC2)n1. The number of benzene rings is 2. The summed E-state index contributed by atoms with van der Waals surface area (Å²) in [5.74, 6) is 0.307. The van der Waals surface area contributed by atoms with Gasteiger partial charge in [-0.3, -0.25) is 9.59 Å². The van der Waals surface area contributed by atoms with Crippen LogP contribution >= 0.6 is 22.9 Å². The average Bonchev–Trinajstić information content (AvgIpc) is 3.35. The number of nitrogens with one attached hydrogen (secondary N) is 1. The molecule has 2 heterocycles. The Balaban J connectivity index is 1.21. The zero-order valence-corrected chi connectivity index (χ0v) is 20.1. The Kier molecular flexibility index (Phi) is 8.13. The second kappa shape index (κ2) is 11.4. The van der Waals surface area contributed by atoms with Gasteiger partial charge >= 0.3 is 0 Å². The van der Waals surface area contributed by atoms with Crippen LogP contribution in [0, 0.1) is 5.82 Å². The summed E-state index contributed by atoms with van der Waals surface area (Å²) in [4.78, 5) is 31.4. The summed E-state index contributed by atoms with van der Waals surface area (Å²) < 4.78 is 18.6. The molecule has 2 amide bonds. The average molecular weight is 502 g/mol. The Bertz CT molecular complexity index is 1130. The Morgan fingerprint density at radius 2 is 1.88 bits per heavy atom. The molecule has 3 aromatic rings. The summed E-state index contributed by atoms with van der Waals surface area (Å²) >= 11 is 7.53. The van der Waals surface area contributed by atoms with Gasteiger partial charge in [0.15, 0.2) is 0 Å². The number of amides is 2. The zero-order valence-electron chi connectivity index (χ0n) is 18.5. The summed E-state index contributed by atoms with van der Waals surface area (Å²) in [5.41, 5.74) is 1.20. The molecule has 1 aromatic heterocycles. The molecule has 178 valence electrons. The van der Waals surface area contributed by atoms with E-state index < -0.39 is 0 Å². The van der Waals surface area contributed by atoms with Gasteiger partial charge in [-0.05, 0) is 42.7 Å². The lowest BCUT2D eigenvalue weighted by molar-refractivity contribution is -0.131. The van der Waals surface area contributed by atoms with E-state index in [0.717, 1.165) is 23.4 Å². The number of aromatic nitrogens is 1. The molecule has 1 saturated heterocycles. The molecular formula is C25H25ClFN3O3S. The molecule has 0 bridgehead atoms. The molecular weight excluding hydrogens is 477 g/mol. The van der Waals surface area contributed by atoms with E-state index >= 15 is 0 Å². The molecule has 0 aliphatic carbocycles. The zero-order chi connectivity index (χ0) is 23.9. The van der Waals surface area contributed by atoms with Crippen LogP contribution in [0.25, 0.3) is 0 Å². The van der Waals surface area contributed by atoms with Crippen molar-refractivity contribution >= 4 is 34.8 Å². The van der Waals surface area contributed by atoms with Gasteiger partial charge in [-0.25, -0.2) is 9.37 Å². The van der Waals surface area contributed by atoms with Crippen LogP contribution in [0.5, 0.6) is 5.75 Å². The van der Waals surface area contributed by atoms with Crippen molar-refractivity contribution in [3.8, 4) is 5.75 Å². The molecule has 1 aliphatic rings. The van der Waals surface area contributed by atoms with Gasteiger partial charge in [0.2, 0.25) is 5.91 Å². The molecule has 0 saturated carbocycles. The second-order valence-electron chi connectivity index (χ2n) is 8.06. The number of likely N-dealkylation sites (tertiary alicyclic amines) is 1. The third kappa shape index (κ3) is 6.33. The van der Waals surface area contributed by atoms with E-state index in [1.165, 1.54) is 23.5 Å². The molecule has 1 fully saturated rings. The van der Waals surface area contributed by atoms with Crippen LogP contribution in [0.3, 0.4) is 0 Å². The number of nitrogens with zero attached hydrogens (tertiary/aromatic N) is 2. The molecule has 0 spiro atoms. The van der Waals surface area contributed by atoms with Crippen molar-refractivity contribution < 1.29 is 18.7 Å². The number of thiazole rings is 1. The minimum absolute atomic E-state index is 0.0447. The number of hydrogen-bond donors (Lipinski definition) is 1. The van der Waals surface area contributed by atoms with Crippen LogP contribution in [-0.4, -0.2) is 47.9 Å². The van der Waals surface area contributed by atoms with Crippen molar-refractivity contribution in [1.82, 2.24) is 15.2 Å². The summed E-state index contributed by atoms with van der Waals surface area (Å²) in [7, 11) is 0. The highest BCUT2D eigenvalue weighted by Gasteiger charge is 2.26. The van der Waals surface area contributed by atoms with Gasteiger partial charge in [0.1, 0.15) is 23.9 Å². The van der Waals surface area contributed by atoms with Crippen molar-refractivity contribution in [1.29, 1.82) is 0 Å². The van der Waals surface area contributed by atoms with Gasteiger partial charge in [0.25, 0.3) is 5.91 Å². The Morgan fingerprint density at radius 3 is 2.62 bits per heavy atom. The molecule has 0 radical (unpaired) electrons. The van der Waals surface area contributed by atoms with Crippen molar-refractivity contribution in [2.24, 2.45) is 0 Å². The van der Waals surface area contributed by atoms with Crippen molar-refractivity contribution in [3.63, 3.8) is 0 Å². The van der Waals surface area contributed by atoms with Gasteiger partial charge in [-0.1, -0.05) is 35.9 Å². The molecule has 1 N–H and O–H groups in total. The number of carbonyl (C=O) groups excluding carboxylic acids is 2. The van der Waals surface area contributed by atoms with Crippen molar-refractivity contribution in [3.05, 3.63) is 81.0 Å². The number of hydrogen-bond acceptors (Lipinski definition) is 5. The van der Waals surface area contributed by atoms with E-state index in [1.807, 2.05) is 17.0 Å². The highest BCUT2D eigenvalue weighted by atomic mass is 35.5. The Hall–Kier alpha value is -2.97. The maximum absolute atomic E-state index is 13.1. The van der Waals surface area contributed by atoms with Crippen molar-refractivity contribution in [2.75, 3.05) is 26.2 Å². The summed E-state index contributed by atoms with van der Waals surface area (Å²) in [6, 6.07) is 13.2. The first-order valence-corrected chi connectivity index (χ1v) is 12.4. The molecule has 0 unspecified atom stereocenters. The molecule has 0 atom stereocenters. The third-order valence-corrected chi connectivity index (χ3v) is 7.02. The van der Waals surface area contributed by atoms with E-state index in [2.05, 4.69) is 10.3 Å². The number of para-hydroxylation sites is 1. The standard InChI is InChI=1S/C25H25ClFN3O3S/c26-20-3-1-2-4-22(20)33-14-11-28-24(32)21-16-34-25(29-21)18-9-12-30(13-10-18)23(31)15-17-5-7-19(27)8-6-17/h1-8,16,18H,9-15H2,(H,28,32). The normalized spacial score (nSPS) is 14.1. The number of halogens is 2. The van der Waals surface area contributed by atoms with Crippen LogP contribution in [0.2, 0.25) is 5.02 Å². The summed E-state index contributed by atoms with van der Waals surface area (Å²) in [6.07, 6.45) is 1.87. The topological polar surface area (TPSA) is 71.5 Å². The van der Waals surface area contributed by atoms with E-state index in [-0.39, 0.29) is 30.0 Å². The number of rotatable bonds is 8. The van der Waals surface area contributed by atoms with Crippen molar-refractivity contribution in [2.45, 2.75) is 25.2 Å². The van der Waals surface area contributed by atoms with Gasteiger partial charge in [0, 0.05) is 24.4 Å². The third-order valence-electron chi connectivity index (χ3n) is 5.70. The smallest absolute Gasteiger partial charge is 0.270 e. The van der Waals surface area contributed by atoms with Crippen LogP contribution in [0.4, 0.5) is 4.39 Å². The Morgan fingerprint density at radius 1 is 1.15 bits per heavy atom. The monoisotopic (exact) mass is 501 g/mol. The van der Waals surface area contributed by atoms with E-state index in [1.54, 1.807) is 29.6 Å². The lowest BCUT2D eigenvalue weighted by Crippen LogP contribution is -2.38. The lowest BCUT2D eigenvalue weighted by atomic mass is 9.97. The van der Waals surface area contributed by atoms with Crippen LogP contribution in [0.15, 0.2) is 53.9 Å². The highest BCUT2D eigenvalue weighted by Crippen LogP contribution is 2.30. The van der Waals surface area contributed by atoms with Gasteiger partial charge in [-0.15, -0.1) is 11.3 Å². The van der Waals surface area contributed by atoms with Crippen LogP contribution in [0.1, 0.15) is 39.8 Å². The predicted octanol–water partition coefficient (Wildman–Crippen LogP) is 4.69. The molecule has 4 rings (SSSR count). The van der Waals surface area contributed by atoms with Gasteiger partial charge < -0.3 is 15.0 Å². The van der Waals surface area contributed by atoms with E-state index in [0.29, 0.717) is 42.7 Å². The summed E-state index contributed by atoms with van der Waals surface area (Å²) in [5, 5.41) is 6.03. The molecule has 6 nitrogen and oxygen atoms in total. The minimum atomic E-state index is -0.307. The molecule has 9 heteroatoms. The molecule has 1 aliphatic heterocycles. The first-order valence-electron chi connectivity index (χ1n) is 11.1.